The van der Waals surface area contributed by atoms with E-state index in [0.717, 1.165) is 5.56 Å². The predicted octanol–water partition coefficient (Wildman–Crippen LogP) is 1.69. The Labute approximate surface area is 106 Å². The van der Waals surface area contributed by atoms with Gasteiger partial charge in [-0.05, 0) is 12.0 Å². The monoisotopic (exact) mass is 252 g/mol. The molecule has 1 heterocycles. The molecule has 98 valence electrons. The minimum atomic E-state index is -1.16. The molecule has 5 heteroatoms. The second kappa shape index (κ2) is 5.82. The fourth-order valence-corrected chi connectivity index (χ4v) is 1.90. The molecule has 1 aromatic rings. The van der Waals surface area contributed by atoms with Gasteiger partial charge in [-0.1, -0.05) is 30.3 Å². The molecule has 4 nitrogen and oxygen atoms in total. The molecule has 1 saturated heterocycles. The third kappa shape index (κ3) is 3.20. The number of benzene rings is 1. The summed E-state index contributed by atoms with van der Waals surface area (Å²) in [4.78, 5) is 13.1. The Balaban J connectivity index is 1.82. The number of ether oxygens (including phenoxy) is 1. The first-order valence-electron chi connectivity index (χ1n) is 6.02. The third-order valence-corrected chi connectivity index (χ3v) is 3.06. The van der Waals surface area contributed by atoms with Crippen molar-refractivity contribution in [1.29, 1.82) is 0 Å². The van der Waals surface area contributed by atoms with Crippen molar-refractivity contribution in [3.05, 3.63) is 35.9 Å². The van der Waals surface area contributed by atoms with Crippen LogP contribution in [0.15, 0.2) is 30.3 Å². The number of piperidine rings is 1. The first kappa shape index (κ1) is 12.8. The Morgan fingerprint density at radius 1 is 1.44 bits per heavy atom. The molecule has 2 atom stereocenters. The van der Waals surface area contributed by atoms with Crippen LogP contribution in [0.5, 0.6) is 0 Å². The number of carbonyl (C=O) groups is 1. The van der Waals surface area contributed by atoms with E-state index >= 15 is 0 Å². The van der Waals surface area contributed by atoms with Gasteiger partial charge in [-0.25, -0.2) is 9.18 Å². The molecule has 0 bridgehead atoms. The molecule has 0 aromatic heterocycles. The molecule has 2 rings (SSSR count). The predicted molar refractivity (Wildman–Crippen MR) is 65.7 cm³/mol. The molecule has 0 spiro atoms. The quantitative estimate of drug-likeness (QED) is 0.871. The molecule has 18 heavy (non-hydrogen) atoms. The van der Waals surface area contributed by atoms with Crippen LogP contribution in [-0.2, 0) is 11.3 Å². The van der Waals surface area contributed by atoms with Crippen LogP contribution in [0.25, 0.3) is 0 Å². The summed E-state index contributed by atoms with van der Waals surface area (Å²) in [5, 5.41) is 0. The van der Waals surface area contributed by atoms with Gasteiger partial charge in [0.2, 0.25) is 0 Å². The number of halogens is 1. The van der Waals surface area contributed by atoms with E-state index in [-0.39, 0.29) is 13.2 Å². The van der Waals surface area contributed by atoms with Gasteiger partial charge in [0.05, 0.1) is 6.54 Å². The fraction of sp³-hybridized carbons (Fsp3) is 0.462. The maximum absolute atomic E-state index is 13.4. The van der Waals surface area contributed by atoms with Gasteiger partial charge in [0.15, 0.2) is 0 Å². The Bertz CT molecular complexity index is 399. The van der Waals surface area contributed by atoms with Crippen molar-refractivity contribution in [3.63, 3.8) is 0 Å². The number of hydrogen-bond acceptors (Lipinski definition) is 3. The molecule has 1 fully saturated rings. The SMILES string of the molecule is N[C@@H]1CCN(C(=O)OCc2ccccc2)C[C@H]1F. The highest BCUT2D eigenvalue weighted by molar-refractivity contribution is 5.67. The van der Waals surface area contributed by atoms with E-state index < -0.39 is 18.3 Å². The van der Waals surface area contributed by atoms with Crippen LogP contribution in [0.2, 0.25) is 0 Å². The number of amides is 1. The van der Waals surface area contributed by atoms with E-state index in [1.165, 1.54) is 4.90 Å². The molecule has 1 aliphatic rings. The highest BCUT2D eigenvalue weighted by Crippen LogP contribution is 2.14. The summed E-state index contributed by atoms with van der Waals surface area (Å²) >= 11 is 0. The zero-order chi connectivity index (χ0) is 13.0. The van der Waals surface area contributed by atoms with Crippen molar-refractivity contribution in [2.75, 3.05) is 13.1 Å². The lowest BCUT2D eigenvalue weighted by molar-refractivity contribution is 0.0660. The third-order valence-electron chi connectivity index (χ3n) is 3.06. The maximum Gasteiger partial charge on any atom is 0.410 e. The van der Waals surface area contributed by atoms with Gasteiger partial charge >= 0.3 is 6.09 Å². The van der Waals surface area contributed by atoms with Gasteiger partial charge in [0.1, 0.15) is 12.8 Å². The Hall–Kier alpha value is -1.62. The van der Waals surface area contributed by atoms with Gasteiger partial charge < -0.3 is 15.4 Å². The van der Waals surface area contributed by atoms with Crippen LogP contribution in [0, 0.1) is 0 Å². The Morgan fingerprint density at radius 2 is 2.17 bits per heavy atom. The smallest absolute Gasteiger partial charge is 0.410 e. The van der Waals surface area contributed by atoms with E-state index in [0.29, 0.717) is 13.0 Å². The second-order valence-corrected chi connectivity index (χ2v) is 4.45. The first-order valence-corrected chi connectivity index (χ1v) is 6.02. The van der Waals surface area contributed by atoms with Gasteiger partial charge in [-0.3, -0.25) is 0 Å². The standard InChI is InChI=1S/C13H17FN2O2/c14-11-8-16(7-6-12(11)15)13(17)18-9-10-4-2-1-3-5-10/h1-5,11-12H,6-9,15H2/t11-,12-/m1/s1. The summed E-state index contributed by atoms with van der Waals surface area (Å²) in [5.74, 6) is 0. The summed E-state index contributed by atoms with van der Waals surface area (Å²) in [5.41, 5.74) is 6.47. The van der Waals surface area contributed by atoms with Crippen molar-refractivity contribution in [2.24, 2.45) is 5.73 Å². The molecular formula is C13H17FN2O2. The summed E-state index contributed by atoms with van der Waals surface area (Å²) < 4.78 is 18.5. The molecule has 1 amide bonds. The molecule has 0 aliphatic carbocycles. The van der Waals surface area contributed by atoms with Gasteiger partial charge in [-0.15, -0.1) is 0 Å². The minimum Gasteiger partial charge on any atom is -0.445 e. The highest BCUT2D eigenvalue weighted by atomic mass is 19.1. The number of carbonyl (C=O) groups excluding carboxylic acids is 1. The Kier molecular flexibility index (Phi) is 4.15. The van der Waals surface area contributed by atoms with Gasteiger partial charge in [0.25, 0.3) is 0 Å². The summed E-state index contributed by atoms with van der Waals surface area (Å²) in [6.07, 6.45) is -1.17. The van der Waals surface area contributed by atoms with Crippen molar-refractivity contribution in [2.45, 2.75) is 25.2 Å². The molecule has 0 radical (unpaired) electrons. The van der Waals surface area contributed by atoms with Gasteiger partial charge in [0, 0.05) is 12.6 Å². The van der Waals surface area contributed by atoms with Gasteiger partial charge in [-0.2, -0.15) is 0 Å². The number of nitrogens with two attached hydrogens (primary N) is 1. The lowest BCUT2D eigenvalue weighted by Crippen LogP contribution is -2.50. The van der Waals surface area contributed by atoms with Crippen molar-refractivity contribution in [3.8, 4) is 0 Å². The van der Waals surface area contributed by atoms with Crippen LogP contribution in [0.4, 0.5) is 9.18 Å². The molecule has 0 saturated carbocycles. The maximum atomic E-state index is 13.4. The highest BCUT2D eigenvalue weighted by Gasteiger charge is 2.29. The first-order chi connectivity index (χ1) is 8.66. The fourth-order valence-electron chi connectivity index (χ4n) is 1.90. The van der Waals surface area contributed by atoms with E-state index in [1.807, 2.05) is 30.3 Å². The molecule has 1 aromatic carbocycles. The molecule has 1 aliphatic heterocycles. The van der Waals surface area contributed by atoms with Crippen LogP contribution in [0.3, 0.4) is 0 Å². The average Bonchev–Trinajstić information content (AvgIpc) is 2.40. The molecule has 0 unspecified atom stereocenters. The Morgan fingerprint density at radius 3 is 2.83 bits per heavy atom. The minimum absolute atomic E-state index is 0.0226. The van der Waals surface area contributed by atoms with Crippen LogP contribution < -0.4 is 5.73 Å². The van der Waals surface area contributed by atoms with Crippen molar-refractivity contribution in [1.82, 2.24) is 4.90 Å². The number of nitrogens with zero attached hydrogens (tertiary/aromatic N) is 1. The second-order valence-electron chi connectivity index (χ2n) is 4.45. The largest absolute Gasteiger partial charge is 0.445 e. The normalized spacial score (nSPS) is 23.8. The van der Waals surface area contributed by atoms with Crippen LogP contribution in [-0.4, -0.2) is 36.3 Å². The summed E-state index contributed by atoms with van der Waals surface area (Å²) in [7, 11) is 0. The van der Waals surface area contributed by atoms with E-state index in [9.17, 15) is 9.18 Å². The van der Waals surface area contributed by atoms with Crippen LogP contribution in [0.1, 0.15) is 12.0 Å². The van der Waals surface area contributed by atoms with Crippen molar-refractivity contribution >= 4 is 6.09 Å². The number of hydrogen-bond donors (Lipinski definition) is 1. The number of alkyl halides is 1. The molecular weight excluding hydrogens is 235 g/mol. The zero-order valence-electron chi connectivity index (χ0n) is 10.1. The lowest BCUT2D eigenvalue weighted by Gasteiger charge is -2.32. The van der Waals surface area contributed by atoms with Crippen molar-refractivity contribution < 1.29 is 13.9 Å². The summed E-state index contributed by atoms with van der Waals surface area (Å²) in [6.45, 7) is 0.684. The van der Waals surface area contributed by atoms with Crippen LogP contribution >= 0.6 is 0 Å². The zero-order valence-corrected chi connectivity index (χ0v) is 10.1. The molecule has 2 N–H and O–H groups in total. The summed E-state index contributed by atoms with van der Waals surface area (Å²) in [6, 6.07) is 8.92. The van der Waals surface area contributed by atoms with E-state index in [2.05, 4.69) is 0 Å². The number of rotatable bonds is 2. The van der Waals surface area contributed by atoms with E-state index in [1.54, 1.807) is 0 Å². The average molecular weight is 252 g/mol. The topological polar surface area (TPSA) is 55.6 Å². The lowest BCUT2D eigenvalue weighted by atomic mass is 10.1. The number of likely N-dealkylation sites (tertiary alicyclic amines) is 1. The van der Waals surface area contributed by atoms with E-state index in [4.69, 9.17) is 10.5 Å².